The van der Waals surface area contributed by atoms with Crippen molar-refractivity contribution >= 4 is 33.3 Å². The zero-order valence-electron chi connectivity index (χ0n) is 16.7. The molecule has 29 heavy (non-hydrogen) atoms. The van der Waals surface area contributed by atoms with Crippen molar-refractivity contribution < 1.29 is 9.26 Å². The monoisotopic (exact) mass is 427 g/mol. The van der Waals surface area contributed by atoms with Gasteiger partial charge in [0.15, 0.2) is 5.16 Å². The van der Waals surface area contributed by atoms with Crippen molar-refractivity contribution in [1.29, 1.82) is 0 Å². The Morgan fingerprint density at radius 3 is 2.79 bits per heavy atom. The van der Waals surface area contributed by atoms with Crippen LogP contribution in [0.4, 0.5) is 0 Å². The molecule has 0 aliphatic carbocycles. The van der Waals surface area contributed by atoms with E-state index in [1.807, 2.05) is 44.2 Å². The number of ether oxygens (including phenoxy) is 1. The van der Waals surface area contributed by atoms with Gasteiger partial charge in [-0.05, 0) is 38.0 Å². The lowest BCUT2D eigenvalue weighted by atomic mass is 10.2. The molecule has 6 nitrogen and oxygen atoms in total. The molecule has 1 aromatic carbocycles. The highest BCUT2D eigenvalue weighted by atomic mass is 32.2. The molecule has 0 radical (unpaired) electrons. The Morgan fingerprint density at radius 1 is 1.28 bits per heavy atom. The Kier molecular flexibility index (Phi) is 5.47. The summed E-state index contributed by atoms with van der Waals surface area (Å²) >= 11 is 3.06. The van der Waals surface area contributed by atoms with E-state index in [-0.39, 0.29) is 5.56 Å². The number of hydrogen-bond donors (Lipinski definition) is 0. The van der Waals surface area contributed by atoms with E-state index in [1.165, 1.54) is 16.6 Å². The molecule has 150 valence electrons. The van der Waals surface area contributed by atoms with Crippen LogP contribution < -0.4 is 10.3 Å². The van der Waals surface area contributed by atoms with Crippen LogP contribution in [-0.4, -0.2) is 21.8 Å². The first-order valence-electron chi connectivity index (χ1n) is 9.26. The van der Waals surface area contributed by atoms with Crippen molar-refractivity contribution in [2.24, 2.45) is 0 Å². The minimum absolute atomic E-state index is 0.0597. The number of aromatic nitrogens is 3. The number of aryl methyl sites for hydroxylation is 3. The summed E-state index contributed by atoms with van der Waals surface area (Å²) in [6.45, 7) is 5.96. The van der Waals surface area contributed by atoms with Crippen molar-refractivity contribution in [3.8, 4) is 11.4 Å². The second kappa shape index (κ2) is 8.04. The molecule has 0 unspecified atom stereocenters. The Morgan fingerprint density at radius 2 is 2.10 bits per heavy atom. The minimum Gasteiger partial charge on any atom is -0.497 e. The summed E-state index contributed by atoms with van der Waals surface area (Å²) in [5.74, 6) is 2.01. The van der Waals surface area contributed by atoms with Gasteiger partial charge in [-0.25, -0.2) is 4.98 Å². The highest BCUT2D eigenvalue weighted by Gasteiger charge is 2.19. The predicted octanol–water partition coefficient (Wildman–Crippen LogP) is 4.92. The molecule has 0 saturated carbocycles. The summed E-state index contributed by atoms with van der Waals surface area (Å²) in [5.41, 5.74) is 2.50. The van der Waals surface area contributed by atoms with Gasteiger partial charge in [-0.3, -0.25) is 9.36 Å². The molecular formula is C21H21N3O3S2. The minimum atomic E-state index is -0.0597. The molecule has 0 aliphatic rings. The van der Waals surface area contributed by atoms with E-state index in [4.69, 9.17) is 14.2 Å². The maximum absolute atomic E-state index is 13.6. The van der Waals surface area contributed by atoms with E-state index < -0.39 is 0 Å². The van der Waals surface area contributed by atoms with Gasteiger partial charge in [0.05, 0.1) is 23.9 Å². The van der Waals surface area contributed by atoms with Crippen LogP contribution in [0.1, 0.15) is 28.8 Å². The zero-order chi connectivity index (χ0) is 20.5. The van der Waals surface area contributed by atoms with Crippen LogP contribution >= 0.6 is 23.1 Å². The standard InChI is InChI=1S/C21H21N3O3S2/c1-5-17-13(3)18-19(29-17)22-21(28-11-14-9-12(2)27-23-14)24(20(18)25)15-7-6-8-16(10-15)26-4/h6-10H,5,11H2,1-4H3. The molecule has 0 aliphatic heterocycles. The fraction of sp³-hybridized carbons (Fsp3) is 0.286. The Labute approximate surface area is 176 Å². The lowest BCUT2D eigenvalue weighted by Gasteiger charge is -2.13. The van der Waals surface area contributed by atoms with Crippen molar-refractivity contribution in [1.82, 2.24) is 14.7 Å². The molecular weight excluding hydrogens is 406 g/mol. The number of nitrogens with zero attached hydrogens (tertiary/aromatic N) is 3. The van der Waals surface area contributed by atoms with E-state index >= 15 is 0 Å². The molecule has 0 bridgehead atoms. The first kappa shape index (κ1) is 19.7. The normalized spacial score (nSPS) is 11.3. The fourth-order valence-corrected chi connectivity index (χ4v) is 5.30. The van der Waals surface area contributed by atoms with Crippen molar-refractivity contribution in [2.45, 2.75) is 38.1 Å². The third kappa shape index (κ3) is 3.70. The predicted molar refractivity (Wildman–Crippen MR) is 117 cm³/mol. The molecule has 0 fully saturated rings. The van der Waals surface area contributed by atoms with Gasteiger partial charge in [0.2, 0.25) is 0 Å². The Balaban J connectivity index is 1.90. The Hall–Kier alpha value is -2.58. The first-order chi connectivity index (χ1) is 14.0. The first-order valence-corrected chi connectivity index (χ1v) is 11.1. The molecule has 3 aromatic heterocycles. The van der Waals surface area contributed by atoms with Gasteiger partial charge in [0.1, 0.15) is 16.3 Å². The largest absolute Gasteiger partial charge is 0.497 e. The van der Waals surface area contributed by atoms with Crippen LogP contribution in [0.25, 0.3) is 15.9 Å². The molecule has 8 heteroatoms. The third-order valence-electron chi connectivity index (χ3n) is 4.69. The Bertz CT molecular complexity index is 1240. The van der Waals surface area contributed by atoms with Crippen molar-refractivity contribution in [2.75, 3.05) is 7.11 Å². The zero-order valence-corrected chi connectivity index (χ0v) is 18.3. The van der Waals surface area contributed by atoms with Gasteiger partial charge in [0, 0.05) is 22.8 Å². The summed E-state index contributed by atoms with van der Waals surface area (Å²) in [6.07, 6.45) is 0.881. The number of hydrogen-bond acceptors (Lipinski definition) is 7. The molecule has 3 heterocycles. The quantitative estimate of drug-likeness (QED) is 0.321. The van der Waals surface area contributed by atoms with E-state index in [2.05, 4.69) is 12.1 Å². The lowest BCUT2D eigenvalue weighted by molar-refractivity contribution is 0.393. The number of thioether (sulfide) groups is 1. The molecule has 0 N–H and O–H groups in total. The van der Waals surface area contributed by atoms with Gasteiger partial charge in [-0.15, -0.1) is 11.3 Å². The molecule has 0 atom stereocenters. The summed E-state index contributed by atoms with van der Waals surface area (Å²) in [5, 5.41) is 5.36. The SMILES string of the molecule is CCc1sc2nc(SCc3cc(C)on3)n(-c3cccc(OC)c3)c(=O)c2c1C. The number of benzene rings is 1. The van der Waals surface area contributed by atoms with Crippen LogP contribution in [0.3, 0.4) is 0 Å². The average Bonchev–Trinajstić information content (AvgIpc) is 3.29. The second-order valence-corrected chi connectivity index (χ2v) is 8.66. The smallest absolute Gasteiger partial charge is 0.267 e. The van der Waals surface area contributed by atoms with E-state index in [9.17, 15) is 4.79 Å². The lowest BCUT2D eigenvalue weighted by Crippen LogP contribution is -2.21. The van der Waals surface area contributed by atoms with Crippen LogP contribution in [0.15, 0.2) is 44.8 Å². The average molecular weight is 428 g/mol. The van der Waals surface area contributed by atoms with Gasteiger partial charge < -0.3 is 9.26 Å². The highest BCUT2D eigenvalue weighted by Crippen LogP contribution is 2.32. The van der Waals surface area contributed by atoms with Crippen molar-refractivity contribution in [3.63, 3.8) is 0 Å². The van der Waals surface area contributed by atoms with Crippen LogP contribution in [-0.2, 0) is 12.2 Å². The van der Waals surface area contributed by atoms with E-state index in [0.29, 0.717) is 22.0 Å². The fourth-order valence-electron chi connectivity index (χ4n) is 3.25. The summed E-state index contributed by atoms with van der Waals surface area (Å²) in [6, 6.07) is 9.37. The van der Waals surface area contributed by atoms with Crippen LogP contribution in [0.5, 0.6) is 5.75 Å². The van der Waals surface area contributed by atoms with Crippen molar-refractivity contribution in [3.05, 3.63) is 62.6 Å². The number of thiophene rings is 1. The van der Waals surface area contributed by atoms with E-state index in [1.54, 1.807) is 23.0 Å². The second-order valence-electron chi connectivity index (χ2n) is 6.64. The third-order valence-corrected chi connectivity index (χ3v) is 6.99. The van der Waals surface area contributed by atoms with Crippen LogP contribution in [0, 0.1) is 13.8 Å². The molecule has 4 aromatic rings. The molecule has 0 saturated heterocycles. The topological polar surface area (TPSA) is 70.2 Å². The van der Waals surface area contributed by atoms with Gasteiger partial charge >= 0.3 is 0 Å². The maximum Gasteiger partial charge on any atom is 0.267 e. The van der Waals surface area contributed by atoms with Gasteiger partial charge in [-0.1, -0.05) is 29.9 Å². The number of fused-ring (bicyclic) bond motifs is 1. The van der Waals surface area contributed by atoms with E-state index in [0.717, 1.165) is 34.0 Å². The molecule has 4 rings (SSSR count). The highest BCUT2D eigenvalue weighted by molar-refractivity contribution is 7.98. The number of methoxy groups -OCH3 is 1. The maximum atomic E-state index is 13.6. The summed E-state index contributed by atoms with van der Waals surface area (Å²) in [7, 11) is 1.61. The molecule has 0 amide bonds. The van der Waals surface area contributed by atoms with Gasteiger partial charge in [0.25, 0.3) is 5.56 Å². The van der Waals surface area contributed by atoms with Crippen LogP contribution in [0.2, 0.25) is 0 Å². The van der Waals surface area contributed by atoms with Gasteiger partial charge in [-0.2, -0.15) is 0 Å². The number of rotatable bonds is 6. The molecule has 0 spiro atoms. The summed E-state index contributed by atoms with van der Waals surface area (Å²) in [4.78, 5) is 20.4. The summed E-state index contributed by atoms with van der Waals surface area (Å²) < 4.78 is 12.2.